The number of hydrogen-bond acceptors (Lipinski definition) is 4. The summed E-state index contributed by atoms with van der Waals surface area (Å²) < 4.78 is 0. The molecule has 32 heavy (non-hydrogen) atoms. The Balaban J connectivity index is 1.93. The van der Waals surface area contributed by atoms with Crippen molar-refractivity contribution in [3.63, 3.8) is 0 Å². The van der Waals surface area contributed by atoms with Crippen LogP contribution in [-0.4, -0.2) is 11.3 Å². The van der Waals surface area contributed by atoms with Gasteiger partial charge >= 0.3 is 0 Å². The highest BCUT2D eigenvalue weighted by Crippen LogP contribution is 2.43. The smallest absolute Gasteiger partial charge is 0.144 e. The summed E-state index contributed by atoms with van der Waals surface area (Å²) in [6.45, 7) is 0. The van der Waals surface area contributed by atoms with Gasteiger partial charge in [0.05, 0.1) is 11.2 Å². The molecule has 0 aromatic heterocycles. The second kappa shape index (κ2) is 10.3. The molecule has 2 saturated carbocycles. The Kier molecular flexibility index (Phi) is 7.03. The summed E-state index contributed by atoms with van der Waals surface area (Å²) in [6.07, 6.45) is 10.2. The topological polar surface area (TPSA) is 63.2 Å². The maximum Gasteiger partial charge on any atom is 0.144 e. The molecule has 0 amide bonds. The van der Waals surface area contributed by atoms with Crippen molar-refractivity contribution >= 4 is 17.1 Å². The van der Waals surface area contributed by atoms with E-state index in [0.717, 1.165) is 74.9 Å². The first-order valence-corrected chi connectivity index (χ1v) is 11.8. The Hall–Kier alpha value is -3.37. The summed E-state index contributed by atoms with van der Waals surface area (Å²) in [6, 6.07) is 24.9. The van der Waals surface area contributed by atoms with Crippen molar-refractivity contribution in [2.45, 2.75) is 69.7 Å². The summed E-state index contributed by atoms with van der Waals surface area (Å²) >= 11 is 0. The van der Waals surface area contributed by atoms with Crippen LogP contribution in [0.2, 0.25) is 0 Å². The summed E-state index contributed by atoms with van der Waals surface area (Å²) in [5, 5.41) is 20.8. The highest BCUT2D eigenvalue weighted by molar-refractivity contribution is 6.09. The highest BCUT2D eigenvalue weighted by Gasteiger charge is 2.45. The van der Waals surface area contributed by atoms with Crippen LogP contribution in [0.25, 0.3) is 0 Å². The predicted molar refractivity (Wildman–Crippen MR) is 130 cm³/mol. The third kappa shape index (κ3) is 4.46. The zero-order valence-electron chi connectivity index (χ0n) is 18.6. The van der Waals surface area contributed by atoms with E-state index >= 15 is 0 Å². The Morgan fingerprint density at radius 1 is 0.750 bits per heavy atom. The Morgan fingerprint density at radius 3 is 1.94 bits per heavy atom. The molecule has 0 saturated heterocycles. The summed E-state index contributed by atoms with van der Waals surface area (Å²) in [5.74, 6) is 0. The van der Waals surface area contributed by atoms with Gasteiger partial charge in [0.2, 0.25) is 0 Å². The SMILES string of the molecule is N#CC(=Nc1ccccc1)C1(N(C(C#N)=C2CCCCC2)c2ccccc2)CCCCC1. The molecule has 2 aromatic rings. The van der Waals surface area contributed by atoms with Crippen molar-refractivity contribution in [3.8, 4) is 12.1 Å². The molecule has 0 spiro atoms. The van der Waals surface area contributed by atoms with Crippen LogP contribution in [0, 0.1) is 22.7 Å². The maximum absolute atomic E-state index is 10.4. The van der Waals surface area contributed by atoms with Crippen LogP contribution in [0.1, 0.15) is 64.2 Å². The lowest BCUT2D eigenvalue weighted by Crippen LogP contribution is -2.55. The molecule has 0 N–H and O–H groups in total. The summed E-state index contributed by atoms with van der Waals surface area (Å²) in [4.78, 5) is 7.06. The van der Waals surface area contributed by atoms with E-state index in [0.29, 0.717) is 5.71 Å². The number of rotatable bonds is 5. The zero-order chi connectivity index (χ0) is 22.2. The minimum atomic E-state index is -0.611. The number of nitriles is 2. The standard InChI is InChI=1S/C28H30N4/c29-21-26(23-13-5-1-6-14-23)32(25-17-9-3-10-18-25)28(19-11-4-12-20-28)27(22-30)31-24-15-7-2-8-16-24/h2-3,7-10,15-18H,1,4-6,11-14,19-20H2. The molecule has 0 radical (unpaired) electrons. The minimum absolute atomic E-state index is 0.511. The van der Waals surface area contributed by atoms with Gasteiger partial charge in [0.25, 0.3) is 0 Å². The molecule has 162 valence electrons. The second-order valence-electron chi connectivity index (χ2n) is 8.80. The lowest BCUT2D eigenvalue weighted by molar-refractivity contribution is 0.370. The third-order valence-corrected chi connectivity index (χ3v) is 6.79. The molecular weight excluding hydrogens is 392 g/mol. The first kappa shape index (κ1) is 21.8. The van der Waals surface area contributed by atoms with Gasteiger partial charge in [-0.05, 0) is 68.4 Å². The number of hydrogen-bond donors (Lipinski definition) is 0. The van der Waals surface area contributed by atoms with E-state index < -0.39 is 5.54 Å². The van der Waals surface area contributed by atoms with Crippen LogP contribution < -0.4 is 4.90 Å². The molecule has 0 bridgehead atoms. The largest absolute Gasteiger partial charge is 0.320 e. The predicted octanol–water partition coefficient (Wildman–Crippen LogP) is 7.23. The van der Waals surface area contributed by atoms with Gasteiger partial charge in [0, 0.05) is 5.69 Å². The fraction of sp³-hybridized carbons (Fsp3) is 0.393. The summed E-state index contributed by atoms with van der Waals surface area (Å²) in [5.41, 5.74) is 3.61. The molecule has 4 nitrogen and oxygen atoms in total. The van der Waals surface area contributed by atoms with Crippen molar-refractivity contribution in [1.29, 1.82) is 10.5 Å². The molecular formula is C28H30N4. The van der Waals surface area contributed by atoms with E-state index in [1.54, 1.807) is 0 Å². The van der Waals surface area contributed by atoms with Crippen LogP contribution in [0.3, 0.4) is 0 Å². The van der Waals surface area contributed by atoms with Gasteiger partial charge in [-0.25, -0.2) is 4.99 Å². The van der Waals surface area contributed by atoms with Gasteiger partial charge < -0.3 is 4.90 Å². The minimum Gasteiger partial charge on any atom is -0.320 e. The fourth-order valence-electron chi connectivity index (χ4n) is 5.24. The van der Waals surface area contributed by atoms with Gasteiger partial charge in [-0.2, -0.15) is 10.5 Å². The monoisotopic (exact) mass is 422 g/mol. The molecule has 4 rings (SSSR count). The first-order chi connectivity index (χ1) is 15.8. The normalized spacial score (nSPS) is 18.3. The van der Waals surface area contributed by atoms with Gasteiger partial charge in [0.1, 0.15) is 23.5 Å². The number of aliphatic imine (C=N–C) groups is 1. The molecule has 2 aliphatic carbocycles. The van der Waals surface area contributed by atoms with Gasteiger partial charge in [-0.15, -0.1) is 0 Å². The third-order valence-electron chi connectivity index (χ3n) is 6.79. The fourth-order valence-corrected chi connectivity index (χ4v) is 5.24. The highest BCUT2D eigenvalue weighted by atomic mass is 15.2. The molecule has 0 unspecified atom stereocenters. The van der Waals surface area contributed by atoms with E-state index in [1.165, 1.54) is 12.0 Å². The molecule has 2 fully saturated rings. The van der Waals surface area contributed by atoms with E-state index in [9.17, 15) is 10.5 Å². The lowest BCUT2D eigenvalue weighted by atomic mass is 9.75. The molecule has 2 aliphatic rings. The van der Waals surface area contributed by atoms with E-state index in [2.05, 4.69) is 29.2 Å². The number of benzene rings is 2. The Morgan fingerprint density at radius 2 is 1.34 bits per heavy atom. The Bertz CT molecular complexity index is 1040. The lowest BCUT2D eigenvalue weighted by Gasteiger charge is -2.47. The van der Waals surface area contributed by atoms with Crippen molar-refractivity contribution in [3.05, 3.63) is 71.9 Å². The van der Waals surface area contributed by atoms with Crippen LogP contribution in [0.15, 0.2) is 76.9 Å². The molecule has 0 atom stereocenters. The van der Waals surface area contributed by atoms with Crippen molar-refractivity contribution in [2.75, 3.05) is 4.90 Å². The summed E-state index contributed by atoms with van der Waals surface area (Å²) in [7, 11) is 0. The average molecular weight is 423 g/mol. The first-order valence-electron chi connectivity index (χ1n) is 11.8. The second-order valence-corrected chi connectivity index (χ2v) is 8.80. The van der Waals surface area contributed by atoms with Gasteiger partial charge in [-0.1, -0.05) is 62.1 Å². The van der Waals surface area contributed by atoms with Crippen molar-refractivity contribution in [2.24, 2.45) is 4.99 Å². The molecule has 2 aromatic carbocycles. The maximum atomic E-state index is 10.4. The molecule has 0 heterocycles. The van der Waals surface area contributed by atoms with E-state index in [4.69, 9.17) is 4.99 Å². The van der Waals surface area contributed by atoms with E-state index in [1.807, 2.05) is 48.5 Å². The van der Waals surface area contributed by atoms with Gasteiger partial charge in [-0.3, -0.25) is 0 Å². The number of nitrogens with zero attached hydrogens (tertiary/aromatic N) is 4. The number of para-hydroxylation sites is 2. The van der Waals surface area contributed by atoms with Crippen LogP contribution in [-0.2, 0) is 0 Å². The molecule has 4 heteroatoms. The average Bonchev–Trinajstić information content (AvgIpc) is 2.87. The van der Waals surface area contributed by atoms with Crippen molar-refractivity contribution in [1.82, 2.24) is 0 Å². The number of anilines is 1. The van der Waals surface area contributed by atoms with Crippen LogP contribution >= 0.6 is 0 Å². The van der Waals surface area contributed by atoms with Crippen molar-refractivity contribution < 1.29 is 0 Å². The molecule has 0 aliphatic heterocycles. The Labute approximate surface area is 191 Å². The van der Waals surface area contributed by atoms with Gasteiger partial charge in [0.15, 0.2) is 0 Å². The quantitative estimate of drug-likeness (QED) is 0.377. The van der Waals surface area contributed by atoms with E-state index in [-0.39, 0.29) is 0 Å². The van der Waals surface area contributed by atoms with Crippen LogP contribution in [0.5, 0.6) is 0 Å². The zero-order valence-corrected chi connectivity index (χ0v) is 18.6. The van der Waals surface area contributed by atoms with Crippen LogP contribution in [0.4, 0.5) is 11.4 Å². The number of allylic oxidation sites excluding steroid dienone is 2.